The van der Waals surface area contributed by atoms with Crippen LogP contribution in [0.15, 0.2) is 55.0 Å². The van der Waals surface area contributed by atoms with Gasteiger partial charge in [-0.25, -0.2) is 4.98 Å². The molecule has 3 rings (SSSR count). The Labute approximate surface area is 184 Å². The molecule has 0 bridgehead atoms. The number of nitrogens with zero attached hydrogens (tertiary/aromatic N) is 2. The highest BCUT2D eigenvalue weighted by atomic mass is 16.5. The average molecular weight is 422 g/mol. The third-order valence-corrected chi connectivity index (χ3v) is 5.33. The Morgan fingerprint density at radius 1 is 1.06 bits per heavy atom. The molecule has 1 atom stereocenters. The Kier molecular flexibility index (Phi) is 7.70. The predicted octanol–water partition coefficient (Wildman–Crippen LogP) is 5.26. The van der Waals surface area contributed by atoms with Gasteiger partial charge >= 0.3 is 0 Å². The van der Waals surface area contributed by atoms with Gasteiger partial charge in [-0.1, -0.05) is 44.4 Å². The van der Waals surface area contributed by atoms with Gasteiger partial charge in [-0.15, -0.1) is 0 Å². The van der Waals surface area contributed by atoms with Crippen molar-refractivity contribution in [2.24, 2.45) is 0 Å². The molecule has 6 heteroatoms. The molecule has 2 aromatic carbocycles. The van der Waals surface area contributed by atoms with E-state index in [9.17, 15) is 4.79 Å². The predicted molar refractivity (Wildman–Crippen MR) is 123 cm³/mol. The van der Waals surface area contributed by atoms with Crippen LogP contribution in [0.2, 0.25) is 0 Å². The number of ether oxygens (including phenoxy) is 2. The van der Waals surface area contributed by atoms with E-state index in [1.807, 2.05) is 54.0 Å². The number of carbonyl (C=O) groups excluding carboxylic acids is 1. The number of unbranched alkanes of at least 4 members (excludes halogenated alkanes) is 2. The van der Waals surface area contributed by atoms with E-state index in [2.05, 4.69) is 17.2 Å². The molecule has 0 saturated heterocycles. The van der Waals surface area contributed by atoms with Crippen molar-refractivity contribution in [1.29, 1.82) is 0 Å². The Balaban J connectivity index is 1.83. The van der Waals surface area contributed by atoms with E-state index in [-0.39, 0.29) is 11.9 Å². The standard InChI is InChI=1S/C25H31N3O3/c1-5-6-7-9-18(2)27-25(29)22-16-26-17-28(22)21-11-8-10-19(14-21)20-12-13-23(30-3)24(15-20)31-4/h8,10-18H,5-7,9H2,1-4H3,(H,27,29). The van der Waals surface area contributed by atoms with Crippen LogP contribution >= 0.6 is 0 Å². The highest BCUT2D eigenvalue weighted by Gasteiger charge is 2.16. The lowest BCUT2D eigenvalue weighted by molar-refractivity contribution is 0.0931. The van der Waals surface area contributed by atoms with Crippen LogP contribution in [0.1, 0.15) is 50.0 Å². The van der Waals surface area contributed by atoms with E-state index in [1.54, 1.807) is 26.7 Å². The van der Waals surface area contributed by atoms with Crippen LogP contribution in [-0.4, -0.2) is 35.7 Å². The largest absolute Gasteiger partial charge is 0.493 e. The summed E-state index contributed by atoms with van der Waals surface area (Å²) in [5.74, 6) is 1.24. The van der Waals surface area contributed by atoms with Crippen LogP contribution in [0.5, 0.6) is 11.5 Å². The molecule has 1 N–H and O–H groups in total. The Bertz CT molecular complexity index is 1010. The minimum absolute atomic E-state index is 0.113. The van der Waals surface area contributed by atoms with Gasteiger partial charge in [0.25, 0.3) is 5.91 Å². The number of aromatic nitrogens is 2. The summed E-state index contributed by atoms with van der Waals surface area (Å²) in [7, 11) is 3.24. The van der Waals surface area contributed by atoms with Gasteiger partial charge in [-0.05, 0) is 48.7 Å². The molecule has 3 aromatic rings. The Hall–Kier alpha value is -3.28. The molecule has 0 aliphatic carbocycles. The van der Waals surface area contributed by atoms with Gasteiger partial charge in [0.15, 0.2) is 11.5 Å². The molecule has 0 saturated carbocycles. The van der Waals surface area contributed by atoms with Gasteiger partial charge in [0.2, 0.25) is 0 Å². The molecule has 0 fully saturated rings. The van der Waals surface area contributed by atoms with Crippen LogP contribution in [0.25, 0.3) is 16.8 Å². The fourth-order valence-corrected chi connectivity index (χ4v) is 3.59. The SMILES string of the molecule is CCCCCC(C)NC(=O)c1cncn1-c1cccc(-c2ccc(OC)c(OC)c2)c1. The number of benzene rings is 2. The number of nitrogens with one attached hydrogen (secondary N) is 1. The van der Waals surface area contributed by atoms with Crippen LogP contribution < -0.4 is 14.8 Å². The van der Waals surface area contributed by atoms with Gasteiger partial charge in [0, 0.05) is 11.7 Å². The lowest BCUT2D eigenvalue weighted by Gasteiger charge is -2.15. The molecule has 6 nitrogen and oxygen atoms in total. The zero-order chi connectivity index (χ0) is 22.2. The normalized spacial score (nSPS) is 11.7. The first-order valence-electron chi connectivity index (χ1n) is 10.7. The number of rotatable bonds is 10. The summed E-state index contributed by atoms with van der Waals surface area (Å²) in [5.41, 5.74) is 3.39. The monoisotopic (exact) mass is 421 g/mol. The second kappa shape index (κ2) is 10.7. The fraction of sp³-hybridized carbons (Fsp3) is 0.360. The molecule has 0 spiro atoms. The molecule has 31 heavy (non-hydrogen) atoms. The Morgan fingerprint density at radius 2 is 1.84 bits per heavy atom. The molecule has 0 aliphatic rings. The molecule has 1 aromatic heterocycles. The second-order valence-corrected chi connectivity index (χ2v) is 7.64. The third kappa shape index (κ3) is 5.45. The zero-order valence-corrected chi connectivity index (χ0v) is 18.7. The average Bonchev–Trinajstić information content (AvgIpc) is 3.29. The highest BCUT2D eigenvalue weighted by molar-refractivity contribution is 5.93. The van der Waals surface area contributed by atoms with E-state index in [0.29, 0.717) is 17.2 Å². The van der Waals surface area contributed by atoms with Crippen molar-refractivity contribution < 1.29 is 14.3 Å². The van der Waals surface area contributed by atoms with E-state index >= 15 is 0 Å². The maximum Gasteiger partial charge on any atom is 0.270 e. The number of carbonyl (C=O) groups is 1. The minimum atomic E-state index is -0.113. The van der Waals surface area contributed by atoms with Crippen molar-refractivity contribution in [2.75, 3.05) is 14.2 Å². The maximum absolute atomic E-state index is 12.8. The molecule has 1 amide bonds. The topological polar surface area (TPSA) is 65.4 Å². The number of methoxy groups -OCH3 is 2. The van der Waals surface area contributed by atoms with Crippen molar-refractivity contribution in [3.8, 4) is 28.3 Å². The summed E-state index contributed by atoms with van der Waals surface area (Å²) < 4.78 is 12.6. The van der Waals surface area contributed by atoms with Gasteiger partial charge < -0.3 is 14.8 Å². The molecular weight excluding hydrogens is 390 g/mol. The summed E-state index contributed by atoms with van der Waals surface area (Å²) in [6.07, 6.45) is 7.72. The maximum atomic E-state index is 12.8. The van der Waals surface area contributed by atoms with E-state index in [1.165, 1.54) is 12.8 Å². The zero-order valence-electron chi connectivity index (χ0n) is 18.7. The molecule has 1 heterocycles. The van der Waals surface area contributed by atoms with Crippen molar-refractivity contribution in [3.63, 3.8) is 0 Å². The van der Waals surface area contributed by atoms with Crippen molar-refractivity contribution in [3.05, 3.63) is 60.7 Å². The van der Waals surface area contributed by atoms with Crippen LogP contribution in [0, 0.1) is 0 Å². The number of amides is 1. The van der Waals surface area contributed by atoms with Crippen molar-refractivity contribution in [2.45, 2.75) is 45.6 Å². The van der Waals surface area contributed by atoms with Gasteiger partial charge in [0.1, 0.15) is 5.69 Å². The van der Waals surface area contributed by atoms with Crippen LogP contribution in [0.3, 0.4) is 0 Å². The third-order valence-electron chi connectivity index (χ3n) is 5.33. The van der Waals surface area contributed by atoms with E-state index in [4.69, 9.17) is 9.47 Å². The fourth-order valence-electron chi connectivity index (χ4n) is 3.59. The summed E-state index contributed by atoms with van der Waals surface area (Å²) in [6.45, 7) is 4.23. The summed E-state index contributed by atoms with van der Waals surface area (Å²) in [4.78, 5) is 17.1. The quantitative estimate of drug-likeness (QED) is 0.454. The summed E-state index contributed by atoms with van der Waals surface area (Å²) in [5, 5.41) is 3.10. The highest BCUT2D eigenvalue weighted by Crippen LogP contribution is 2.33. The second-order valence-electron chi connectivity index (χ2n) is 7.64. The van der Waals surface area contributed by atoms with Crippen molar-refractivity contribution >= 4 is 5.91 Å². The summed E-state index contributed by atoms with van der Waals surface area (Å²) >= 11 is 0. The van der Waals surface area contributed by atoms with E-state index < -0.39 is 0 Å². The number of hydrogen-bond donors (Lipinski definition) is 1. The number of imidazole rings is 1. The Morgan fingerprint density at radius 3 is 2.58 bits per heavy atom. The molecule has 164 valence electrons. The minimum Gasteiger partial charge on any atom is -0.493 e. The lowest BCUT2D eigenvalue weighted by atomic mass is 10.0. The first kappa shape index (κ1) is 22.4. The molecule has 0 aliphatic heterocycles. The van der Waals surface area contributed by atoms with Crippen LogP contribution in [0.4, 0.5) is 0 Å². The van der Waals surface area contributed by atoms with Gasteiger partial charge in [0.05, 0.1) is 26.7 Å². The van der Waals surface area contributed by atoms with Crippen LogP contribution in [-0.2, 0) is 0 Å². The smallest absolute Gasteiger partial charge is 0.270 e. The first-order valence-corrected chi connectivity index (χ1v) is 10.7. The van der Waals surface area contributed by atoms with E-state index in [0.717, 1.165) is 29.7 Å². The van der Waals surface area contributed by atoms with Gasteiger partial charge in [-0.3, -0.25) is 9.36 Å². The molecular formula is C25H31N3O3. The number of hydrogen-bond acceptors (Lipinski definition) is 4. The summed E-state index contributed by atoms with van der Waals surface area (Å²) in [6, 6.07) is 13.9. The van der Waals surface area contributed by atoms with Gasteiger partial charge in [-0.2, -0.15) is 0 Å². The first-order chi connectivity index (χ1) is 15.1. The molecule has 1 unspecified atom stereocenters. The lowest BCUT2D eigenvalue weighted by Crippen LogP contribution is -2.33. The van der Waals surface area contributed by atoms with Crippen molar-refractivity contribution in [1.82, 2.24) is 14.9 Å². The molecule has 0 radical (unpaired) electrons.